The van der Waals surface area contributed by atoms with Crippen molar-refractivity contribution in [2.45, 2.75) is 19.3 Å². The summed E-state index contributed by atoms with van der Waals surface area (Å²) in [6, 6.07) is 0. The summed E-state index contributed by atoms with van der Waals surface area (Å²) in [5.74, 6) is 0.545. The van der Waals surface area contributed by atoms with E-state index >= 15 is 0 Å². The molecule has 0 heterocycles. The Hall–Kier alpha value is -0.840. The van der Waals surface area contributed by atoms with E-state index in [4.69, 9.17) is 5.73 Å². The van der Waals surface area contributed by atoms with Crippen LogP contribution in [0, 0.1) is 5.92 Å². The Balaban J connectivity index is 2.04. The van der Waals surface area contributed by atoms with Gasteiger partial charge in [-0.3, -0.25) is 15.6 Å². The first-order chi connectivity index (χ1) is 5.18. The quantitative estimate of drug-likeness (QED) is 0.394. The second kappa shape index (κ2) is 3.52. The van der Waals surface area contributed by atoms with Gasteiger partial charge >= 0.3 is 0 Å². The molecule has 0 radical (unpaired) electrons. The number of hydrogen-bond acceptors (Lipinski definition) is 2. The second-order valence-electron chi connectivity index (χ2n) is 2.68. The van der Waals surface area contributed by atoms with Gasteiger partial charge in [0.15, 0.2) is 5.11 Å². The number of thiocarbonyl (C=S) groups is 1. The summed E-state index contributed by atoms with van der Waals surface area (Å²) < 4.78 is 0. The van der Waals surface area contributed by atoms with Crippen LogP contribution in [0.4, 0.5) is 0 Å². The Morgan fingerprint density at radius 3 is 2.64 bits per heavy atom. The highest BCUT2D eigenvalue weighted by Gasteiger charge is 2.24. The van der Waals surface area contributed by atoms with Gasteiger partial charge in [-0.2, -0.15) is 0 Å². The third-order valence-electron chi connectivity index (χ3n) is 1.50. The summed E-state index contributed by atoms with van der Waals surface area (Å²) in [7, 11) is 0. The van der Waals surface area contributed by atoms with Gasteiger partial charge in [0.25, 0.3) is 0 Å². The molecule has 62 valence electrons. The van der Waals surface area contributed by atoms with Gasteiger partial charge < -0.3 is 5.73 Å². The van der Waals surface area contributed by atoms with Crippen molar-refractivity contribution < 1.29 is 4.79 Å². The Labute approximate surface area is 70.5 Å². The molecule has 1 saturated carbocycles. The van der Waals surface area contributed by atoms with E-state index in [9.17, 15) is 4.79 Å². The molecular formula is C6H11N3OS. The van der Waals surface area contributed by atoms with Crippen LogP contribution in [0.25, 0.3) is 0 Å². The molecule has 0 spiro atoms. The van der Waals surface area contributed by atoms with Crippen molar-refractivity contribution in [3.05, 3.63) is 0 Å². The SMILES string of the molecule is NC(=S)NNC(=O)CC1CC1. The number of amides is 1. The molecule has 1 amide bonds. The van der Waals surface area contributed by atoms with Gasteiger partial charge in [-0.05, 0) is 31.0 Å². The summed E-state index contributed by atoms with van der Waals surface area (Å²) in [5, 5.41) is 0.0918. The first kappa shape index (κ1) is 8.26. The van der Waals surface area contributed by atoms with E-state index in [1.807, 2.05) is 0 Å². The third-order valence-corrected chi connectivity index (χ3v) is 1.60. The molecule has 5 heteroatoms. The second-order valence-corrected chi connectivity index (χ2v) is 3.12. The van der Waals surface area contributed by atoms with Gasteiger partial charge in [-0.15, -0.1) is 0 Å². The Morgan fingerprint density at radius 1 is 1.55 bits per heavy atom. The molecule has 11 heavy (non-hydrogen) atoms. The van der Waals surface area contributed by atoms with E-state index in [2.05, 4.69) is 23.1 Å². The fraction of sp³-hybridized carbons (Fsp3) is 0.667. The van der Waals surface area contributed by atoms with E-state index in [1.54, 1.807) is 0 Å². The minimum Gasteiger partial charge on any atom is -0.375 e. The molecule has 1 fully saturated rings. The minimum atomic E-state index is -0.0414. The van der Waals surface area contributed by atoms with Gasteiger partial charge in [0.05, 0.1) is 0 Å². The lowest BCUT2D eigenvalue weighted by Crippen LogP contribution is -2.44. The van der Waals surface area contributed by atoms with E-state index in [1.165, 1.54) is 12.8 Å². The number of rotatable bonds is 2. The molecule has 0 aromatic heterocycles. The largest absolute Gasteiger partial charge is 0.375 e. The van der Waals surface area contributed by atoms with E-state index in [0.717, 1.165) is 0 Å². The summed E-state index contributed by atoms with van der Waals surface area (Å²) in [4.78, 5) is 10.9. The van der Waals surface area contributed by atoms with Crippen molar-refractivity contribution in [1.82, 2.24) is 10.9 Å². The highest BCUT2D eigenvalue weighted by atomic mass is 32.1. The van der Waals surface area contributed by atoms with Crippen LogP contribution in [0.5, 0.6) is 0 Å². The normalized spacial score (nSPS) is 15.6. The van der Waals surface area contributed by atoms with Crippen molar-refractivity contribution in [1.29, 1.82) is 0 Å². The van der Waals surface area contributed by atoms with Crippen molar-refractivity contribution >= 4 is 23.2 Å². The number of nitrogens with two attached hydrogens (primary N) is 1. The number of hydrazine groups is 1. The summed E-state index contributed by atoms with van der Waals surface area (Å²) >= 11 is 4.50. The van der Waals surface area contributed by atoms with Crippen molar-refractivity contribution in [3.8, 4) is 0 Å². The van der Waals surface area contributed by atoms with Gasteiger partial charge in [0, 0.05) is 6.42 Å². The molecule has 1 aliphatic carbocycles. The van der Waals surface area contributed by atoms with Crippen molar-refractivity contribution in [2.75, 3.05) is 0 Å². The molecule has 0 unspecified atom stereocenters. The lowest BCUT2D eigenvalue weighted by Gasteiger charge is -2.04. The number of carbonyl (C=O) groups is 1. The maximum Gasteiger partial charge on any atom is 0.238 e. The average Bonchev–Trinajstić information content (AvgIpc) is 2.67. The molecule has 0 aliphatic heterocycles. The molecule has 0 saturated heterocycles. The van der Waals surface area contributed by atoms with Crippen LogP contribution in [0.3, 0.4) is 0 Å². The smallest absolute Gasteiger partial charge is 0.238 e. The third kappa shape index (κ3) is 3.77. The van der Waals surface area contributed by atoms with E-state index in [-0.39, 0.29) is 11.0 Å². The molecule has 0 aromatic rings. The highest BCUT2D eigenvalue weighted by molar-refractivity contribution is 7.80. The Kier molecular flexibility index (Phi) is 2.64. The Bertz CT molecular complexity index is 179. The summed E-state index contributed by atoms with van der Waals surface area (Å²) in [6.45, 7) is 0. The molecule has 4 nitrogen and oxygen atoms in total. The van der Waals surface area contributed by atoms with Crippen LogP contribution in [0.2, 0.25) is 0 Å². The maximum atomic E-state index is 10.9. The zero-order chi connectivity index (χ0) is 8.27. The Morgan fingerprint density at radius 2 is 2.18 bits per heavy atom. The van der Waals surface area contributed by atoms with Gasteiger partial charge in [0.1, 0.15) is 0 Å². The van der Waals surface area contributed by atoms with Crippen LogP contribution in [0.1, 0.15) is 19.3 Å². The number of hydrogen-bond donors (Lipinski definition) is 3. The molecule has 0 atom stereocenters. The predicted molar refractivity (Wildman–Crippen MR) is 45.4 cm³/mol. The highest BCUT2D eigenvalue weighted by Crippen LogP contribution is 2.31. The first-order valence-electron chi connectivity index (χ1n) is 3.53. The zero-order valence-corrected chi connectivity index (χ0v) is 6.91. The van der Waals surface area contributed by atoms with Gasteiger partial charge in [0.2, 0.25) is 5.91 Å². The number of nitrogens with one attached hydrogen (secondary N) is 2. The lowest BCUT2D eigenvalue weighted by atomic mass is 10.3. The monoisotopic (exact) mass is 173 g/mol. The van der Waals surface area contributed by atoms with Crippen LogP contribution in [-0.4, -0.2) is 11.0 Å². The predicted octanol–water partition coefficient (Wildman–Crippen LogP) is -0.349. The lowest BCUT2D eigenvalue weighted by molar-refractivity contribution is -0.121. The maximum absolute atomic E-state index is 10.9. The topological polar surface area (TPSA) is 67.2 Å². The number of carbonyl (C=O) groups excluding carboxylic acids is 1. The van der Waals surface area contributed by atoms with Crippen LogP contribution >= 0.6 is 12.2 Å². The molecule has 1 rings (SSSR count). The van der Waals surface area contributed by atoms with E-state index < -0.39 is 0 Å². The standard InChI is InChI=1S/C6H11N3OS/c7-6(11)9-8-5(10)3-4-1-2-4/h4H,1-3H2,(H,8,10)(H3,7,9,11). The molecule has 0 bridgehead atoms. The molecule has 1 aliphatic rings. The minimum absolute atomic E-state index is 0.0414. The molecular weight excluding hydrogens is 162 g/mol. The molecule has 4 N–H and O–H groups in total. The van der Waals surface area contributed by atoms with Gasteiger partial charge in [-0.1, -0.05) is 0 Å². The van der Waals surface area contributed by atoms with Crippen LogP contribution in [-0.2, 0) is 4.79 Å². The summed E-state index contributed by atoms with van der Waals surface area (Å²) in [5.41, 5.74) is 9.88. The van der Waals surface area contributed by atoms with Crippen molar-refractivity contribution in [3.63, 3.8) is 0 Å². The van der Waals surface area contributed by atoms with Gasteiger partial charge in [-0.25, -0.2) is 0 Å². The fourth-order valence-corrected chi connectivity index (χ4v) is 0.818. The van der Waals surface area contributed by atoms with Crippen molar-refractivity contribution in [2.24, 2.45) is 11.7 Å². The van der Waals surface area contributed by atoms with E-state index in [0.29, 0.717) is 12.3 Å². The first-order valence-corrected chi connectivity index (χ1v) is 3.93. The van der Waals surface area contributed by atoms with Crippen LogP contribution in [0.15, 0.2) is 0 Å². The fourth-order valence-electron chi connectivity index (χ4n) is 0.767. The summed E-state index contributed by atoms with van der Waals surface area (Å²) in [6.07, 6.45) is 2.91. The zero-order valence-electron chi connectivity index (χ0n) is 6.09. The average molecular weight is 173 g/mol. The molecule has 0 aromatic carbocycles. The van der Waals surface area contributed by atoms with Crippen LogP contribution < -0.4 is 16.6 Å².